The second-order valence-corrected chi connectivity index (χ2v) is 15.2. The second-order valence-electron chi connectivity index (χ2n) is 15.2. The van der Waals surface area contributed by atoms with E-state index in [1.165, 1.54) is 39.5 Å². The van der Waals surface area contributed by atoms with Crippen molar-refractivity contribution in [1.29, 1.82) is 0 Å². The van der Waals surface area contributed by atoms with Gasteiger partial charge in [-0.25, -0.2) is 4.98 Å². The molecule has 0 fully saturated rings. The summed E-state index contributed by atoms with van der Waals surface area (Å²) in [5.74, 6) is -1.99. The molecule has 9 aromatic rings. The fourth-order valence-electron chi connectivity index (χ4n) is 8.82. The van der Waals surface area contributed by atoms with Gasteiger partial charge in [-0.1, -0.05) is 115 Å². The molecule has 0 amide bonds. The zero-order valence-electron chi connectivity index (χ0n) is 32.1. The molecule has 62 heavy (non-hydrogen) atoms. The summed E-state index contributed by atoms with van der Waals surface area (Å²) in [6.45, 7) is 0. The van der Waals surface area contributed by atoms with Gasteiger partial charge in [0, 0.05) is 45.0 Å². The molecule has 0 N–H and O–H groups in total. The molecule has 6 aromatic carbocycles. The van der Waals surface area contributed by atoms with Crippen molar-refractivity contribution < 1.29 is 39.5 Å². The Balaban J connectivity index is 1.33. The molecule has 10 rings (SSSR count). The number of halogens is 9. The highest BCUT2D eigenvalue weighted by atomic mass is 19.4. The number of hydrogen-bond donors (Lipinski definition) is 0. The quantitative estimate of drug-likeness (QED) is 0.158. The molecular weight excluding hydrogens is 814 g/mol. The maximum Gasteiger partial charge on any atom is 0.420 e. The van der Waals surface area contributed by atoms with Gasteiger partial charge in [-0.2, -0.15) is 39.5 Å². The number of fused-ring (bicyclic) bond motifs is 6. The molecule has 0 spiro atoms. The van der Waals surface area contributed by atoms with Crippen LogP contribution >= 0.6 is 0 Å². The number of aromatic nitrogens is 3. The molecular formula is C50H30F9N3. The molecule has 0 saturated heterocycles. The summed E-state index contributed by atoms with van der Waals surface area (Å²) < 4.78 is 138. The fourth-order valence-corrected chi connectivity index (χ4v) is 8.82. The normalized spacial score (nSPS) is 14.6. The SMILES string of the molecule is FC(F)(F)c1ccc2c3ccccc3n(-c3cc(-c4cccc(-c5ccccc5-c5ccccc5)n4)cc(-n4c5c(c6ccccc64)C=CC(C(F)(F)F)C5)c3C(F)(F)F)c2c1. The third-order valence-corrected chi connectivity index (χ3v) is 11.5. The highest BCUT2D eigenvalue weighted by Crippen LogP contribution is 2.48. The Hall–Kier alpha value is -7.08. The average Bonchev–Trinajstić information content (AvgIpc) is 3.77. The first-order valence-electron chi connectivity index (χ1n) is 19.5. The number of para-hydroxylation sites is 2. The van der Waals surface area contributed by atoms with Gasteiger partial charge in [-0.3, -0.25) is 0 Å². The van der Waals surface area contributed by atoms with Gasteiger partial charge >= 0.3 is 18.5 Å². The molecule has 0 saturated carbocycles. The van der Waals surface area contributed by atoms with Gasteiger partial charge in [-0.15, -0.1) is 0 Å². The topological polar surface area (TPSA) is 22.8 Å². The van der Waals surface area contributed by atoms with E-state index < -0.39 is 53.4 Å². The van der Waals surface area contributed by atoms with E-state index in [9.17, 15) is 26.3 Å². The van der Waals surface area contributed by atoms with Crippen LogP contribution in [0.5, 0.6) is 0 Å². The fraction of sp³-hybridized carbons (Fsp3) is 0.100. The van der Waals surface area contributed by atoms with Crippen LogP contribution in [0, 0.1) is 5.92 Å². The van der Waals surface area contributed by atoms with Crippen molar-refractivity contribution in [3.05, 3.63) is 180 Å². The molecule has 308 valence electrons. The lowest BCUT2D eigenvalue weighted by Crippen LogP contribution is -2.26. The number of pyridine rings is 1. The maximum absolute atomic E-state index is 16.3. The van der Waals surface area contributed by atoms with Crippen LogP contribution < -0.4 is 0 Å². The molecule has 1 unspecified atom stereocenters. The van der Waals surface area contributed by atoms with Crippen molar-refractivity contribution in [1.82, 2.24) is 14.1 Å². The van der Waals surface area contributed by atoms with Gasteiger partial charge in [0.25, 0.3) is 0 Å². The molecule has 0 bridgehead atoms. The lowest BCUT2D eigenvalue weighted by Gasteiger charge is -2.26. The Morgan fingerprint density at radius 3 is 1.77 bits per heavy atom. The van der Waals surface area contributed by atoms with Crippen LogP contribution in [-0.2, 0) is 18.8 Å². The summed E-state index contributed by atoms with van der Waals surface area (Å²) in [5, 5.41) is 1.10. The van der Waals surface area contributed by atoms with Crippen molar-refractivity contribution in [2.24, 2.45) is 5.92 Å². The van der Waals surface area contributed by atoms with Crippen molar-refractivity contribution in [3.63, 3.8) is 0 Å². The van der Waals surface area contributed by atoms with E-state index in [0.29, 0.717) is 22.0 Å². The number of allylic oxidation sites excluding steroid dienone is 1. The summed E-state index contributed by atoms with van der Waals surface area (Å²) in [6, 6.07) is 40.4. The molecule has 1 aliphatic rings. The van der Waals surface area contributed by atoms with Gasteiger partial charge in [0.15, 0.2) is 0 Å². The predicted octanol–water partition coefficient (Wildman–Crippen LogP) is 14.9. The van der Waals surface area contributed by atoms with E-state index >= 15 is 13.2 Å². The van der Waals surface area contributed by atoms with Crippen molar-refractivity contribution in [3.8, 4) is 45.0 Å². The lowest BCUT2D eigenvalue weighted by molar-refractivity contribution is -0.161. The lowest BCUT2D eigenvalue weighted by atomic mass is 9.92. The summed E-state index contributed by atoms with van der Waals surface area (Å²) in [4.78, 5) is 4.99. The highest BCUT2D eigenvalue weighted by molar-refractivity contribution is 6.10. The summed E-state index contributed by atoms with van der Waals surface area (Å²) in [7, 11) is 0. The number of benzene rings is 6. The van der Waals surface area contributed by atoms with E-state index in [4.69, 9.17) is 4.98 Å². The minimum atomic E-state index is -5.20. The van der Waals surface area contributed by atoms with E-state index in [1.54, 1.807) is 60.7 Å². The van der Waals surface area contributed by atoms with Gasteiger partial charge < -0.3 is 9.13 Å². The Bertz CT molecular complexity index is 3240. The first-order chi connectivity index (χ1) is 29.7. The molecule has 1 atom stereocenters. The van der Waals surface area contributed by atoms with Gasteiger partial charge in [0.1, 0.15) is 5.56 Å². The maximum atomic E-state index is 16.3. The van der Waals surface area contributed by atoms with Crippen molar-refractivity contribution in [2.75, 3.05) is 0 Å². The van der Waals surface area contributed by atoms with E-state index in [2.05, 4.69) is 0 Å². The summed E-state index contributed by atoms with van der Waals surface area (Å²) in [5.41, 5.74) is 0.561. The smallest absolute Gasteiger partial charge is 0.312 e. The minimum absolute atomic E-state index is 0.00435. The standard InChI is InChI=1S/C50H30F9N3/c51-48(52,53)31-21-23-37-35-15-6-8-19-41(35)61(43(37)27-31)45-25-30(39-17-10-18-40(60-39)34-14-5-4-13-33(34)29-11-2-1-3-12-29)26-46(47(45)50(57,58)59)62-42-20-9-7-16-36(42)38-24-22-32(28-44(38)62)49(54,55)56/h1-27,32H,28H2. The van der Waals surface area contributed by atoms with Crippen LogP contribution in [0.3, 0.4) is 0 Å². The molecule has 0 radical (unpaired) electrons. The third-order valence-electron chi connectivity index (χ3n) is 11.5. The average molecular weight is 844 g/mol. The number of hydrogen-bond acceptors (Lipinski definition) is 1. The molecule has 12 heteroatoms. The molecule has 3 aromatic heterocycles. The van der Waals surface area contributed by atoms with E-state index in [-0.39, 0.29) is 38.9 Å². The Labute approximate surface area is 347 Å². The monoisotopic (exact) mass is 843 g/mol. The Morgan fingerprint density at radius 2 is 1.08 bits per heavy atom. The summed E-state index contributed by atoms with van der Waals surface area (Å²) >= 11 is 0. The second kappa shape index (κ2) is 14.3. The highest BCUT2D eigenvalue weighted by Gasteiger charge is 2.43. The van der Waals surface area contributed by atoms with E-state index in [1.807, 2.05) is 54.6 Å². The van der Waals surface area contributed by atoms with Crippen LogP contribution in [0.2, 0.25) is 0 Å². The number of alkyl halides is 9. The first kappa shape index (κ1) is 39.1. The van der Waals surface area contributed by atoms with Gasteiger partial charge in [0.2, 0.25) is 0 Å². The van der Waals surface area contributed by atoms with Crippen LogP contribution in [0.25, 0.3) is 83.8 Å². The van der Waals surface area contributed by atoms with Gasteiger partial charge in [-0.05, 0) is 59.7 Å². The Kier molecular flexibility index (Phi) is 8.99. The van der Waals surface area contributed by atoms with Gasteiger partial charge in [0.05, 0.1) is 50.8 Å². The summed E-state index contributed by atoms with van der Waals surface area (Å²) in [6.07, 6.45) is -13.1. The zero-order valence-corrected chi connectivity index (χ0v) is 32.1. The molecule has 3 heterocycles. The largest absolute Gasteiger partial charge is 0.420 e. The zero-order chi connectivity index (χ0) is 43.1. The van der Waals surface area contributed by atoms with Crippen molar-refractivity contribution >= 4 is 38.8 Å². The Morgan fingerprint density at radius 1 is 0.484 bits per heavy atom. The predicted molar refractivity (Wildman–Crippen MR) is 224 cm³/mol. The third kappa shape index (κ3) is 6.52. The minimum Gasteiger partial charge on any atom is -0.312 e. The van der Waals surface area contributed by atoms with Crippen molar-refractivity contribution in [2.45, 2.75) is 24.9 Å². The van der Waals surface area contributed by atoms with E-state index in [0.717, 1.165) is 34.9 Å². The van der Waals surface area contributed by atoms with Crippen LogP contribution in [-0.4, -0.2) is 20.3 Å². The van der Waals surface area contributed by atoms with Crippen LogP contribution in [0.15, 0.2) is 158 Å². The van der Waals surface area contributed by atoms with Crippen LogP contribution in [0.1, 0.15) is 22.4 Å². The van der Waals surface area contributed by atoms with Crippen LogP contribution in [0.4, 0.5) is 39.5 Å². The number of rotatable bonds is 5. The molecule has 3 nitrogen and oxygen atoms in total. The molecule has 0 aliphatic heterocycles. The molecule has 1 aliphatic carbocycles. The number of nitrogens with zero attached hydrogens (tertiary/aromatic N) is 3. The first-order valence-corrected chi connectivity index (χ1v) is 19.5.